The van der Waals surface area contributed by atoms with Crippen molar-refractivity contribution in [2.75, 3.05) is 18.9 Å². The molecule has 2 heterocycles. The van der Waals surface area contributed by atoms with Gasteiger partial charge in [-0.05, 0) is 43.8 Å². The van der Waals surface area contributed by atoms with Crippen molar-refractivity contribution in [2.45, 2.75) is 44.8 Å². The van der Waals surface area contributed by atoms with Crippen LogP contribution in [0.2, 0.25) is 0 Å². The lowest BCUT2D eigenvalue weighted by atomic mass is 10.0. The van der Waals surface area contributed by atoms with Gasteiger partial charge in [-0.25, -0.2) is 28.2 Å². The van der Waals surface area contributed by atoms with Crippen LogP contribution in [0.1, 0.15) is 53.5 Å². The second-order valence-corrected chi connectivity index (χ2v) is 9.15. The Kier molecular flexibility index (Phi) is 9.66. The molecule has 0 saturated carbocycles. The van der Waals surface area contributed by atoms with Gasteiger partial charge in [-0.3, -0.25) is 9.59 Å². The van der Waals surface area contributed by atoms with Gasteiger partial charge in [-0.1, -0.05) is 0 Å². The fourth-order valence-electron chi connectivity index (χ4n) is 3.86. The summed E-state index contributed by atoms with van der Waals surface area (Å²) in [7, 11) is 1.54. The van der Waals surface area contributed by atoms with Gasteiger partial charge < -0.3 is 10.2 Å². The van der Waals surface area contributed by atoms with E-state index in [1.54, 1.807) is 5.10 Å². The number of hydrogen-bond donors (Lipinski definition) is 2. The first-order valence-electron chi connectivity index (χ1n) is 12.0. The average Bonchev–Trinajstić information content (AvgIpc) is 2.86. The van der Waals surface area contributed by atoms with Crippen molar-refractivity contribution < 1.29 is 31.1 Å². The highest BCUT2D eigenvalue weighted by atomic mass is 19.4. The van der Waals surface area contributed by atoms with Crippen molar-refractivity contribution in [3.8, 4) is 11.4 Å². The maximum Gasteiger partial charge on any atom is 0.423 e. The Morgan fingerprint density at radius 3 is 2.38 bits per heavy atom. The molecule has 3 aromatic rings. The first-order chi connectivity index (χ1) is 18.8. The Balaban J connectivity index is 1.69. The third kappa shape index (κ3) is 7.67. The van der Waals surface area contributed by atoms with E-state index >= 15 is 0 Å². The number of aldehydes is 1. The molecule has 14 heteroatoms. The number of H-pyrrole nitrogens is 1. The van der Waals surface area contributed by atoms with Crippen LogP contribution in [0.25, 0.3) is 17.5 Å². The molecular formula is C26H26F6N6O2. The largest absolute Gasteiger partial charge is 0.423 e. The van der Waals surface area contributed by atoms with Gasteiger partial charge in [0, 0.05) is 49.6 Å². The molecule has 0 fully saturated rings. The molecule has 3 unspecified atom stereocenters. The molecule has 0 bridgehead atoms. The topological polar surface area (TPSA) is 104 Å². The molecule has 2 N–H and O–H groups in total. The van der Waals surface area contributed by atoms with Crippen LogP contribution in [-0.4, -0.2) is 57.2 Å². The molecule has 0 aliphatic carbocycles. The summed E-state index contributed by atoms with van der Waals surface area (Å²) in [4.78, 5) is 32.5. The second-order valence-electron chi connectivity index (χ2n) is 9.15. The molecule has 0 aliphatic rings. The van der Waals surface area contributed by atoms with Crippen LogP contribution >= 0.6 is 0 Å². The summed E-state index contributed by atoms with van der Waals surface area (Å²) in [6.45, 7) is 2.60. The van der Waals surface area contributed by atoms with Gasteiger partial charge in [-0.15, -0.1) is 0 Å². The number of aromatic amines is 1. The highest BCUT2D eigenvalue weighted by Gasteiger charge is 2.37. The molecule has 1 aromatic carbocycles. The summed E-state index contributed by atoms with van der Waals surface area (Å²) in [5.74, 6) is -0.778. The molecule has 3 atom stereocenters. The molecule has 8 nitrogen and oxygen atoms in total. The minimum Gasteiger partial charge on any atom is -0.381 e. The molecule has 0 amide bonds. The van der Waals surface area contributed by atoms with Crippen LogP contribution in [0.3, 0.4) is 0 Å². The zero-order valence-electron chi connectivity index (χ0n) is 21.6. The first kappa shape index (κ1) is 30.3. The third-order valence-electron chi connectivity index (χ3n) is 5.82. The lowest BCUT2D eigenvalue weighted by molar-refractivity contribution is -0.138. The highest BCUT2D eigenvalue weighted by Crippen LogP contribution is 2.32. The summed E-state index contributed by atoms with van der Waals surface area (Å²) < 4.78 is 82.5. The lowest BCUT2D eigenvalue weighted by Crippen LogP contribution is -2.30. The highest BCUT2D eigenvalue weighted by molar-refractivity contribution is 5.84. The Morgan fingerprint density at radius 1 is 1.10 bits per heavy atom. The Labute approximate surface area is 225 Å². The number of carbonyl (C=O) groups excluding carboxylic acids is 1. The maximum absolute atomic E-state index is 14.7. The molecular weight excluding hydrogens is 542 g/mol. The number of hydrogen-bond acceptors (Lipinski definition) is 7. The number of nitrogens with one attached hydrogen (secondary N) is 2. The summed E-state index contributed by atoms with van der Waals surface area (Å²) in [6, 6.07) is 1.55. The van der Waals surface area contributed by atoms with E-state index in [9.17, 15) is 35.9 Å². The predicted octanol–water partition coefficient (Wildman–Crippen LogP) is 5.36. The van der Waals surface area contributed by atoms with E-state index in [1.807, 2.05) is 0 Å². The van der Waals surface area contributed by atoms with Gasteiger partial charge >= 0.3 is 6.18 Å². The standard InChI is InChI=1S/C26H26F6N6O2/c1-14(36-22-11-35-37-25(40)23(22)26(30,31)32)6-19(28)12-38(3)5-4-16-7-20(21(29)8-17(16)13-39)24-33-9-18(10-34-24)15(2)27/h4-5,7-11,13-15,19H,6,12H2,1-3H3,(H2,36,37,40)/b5-4-. The second kappa shape index (κ2) is 12.7. The molecule has 0 spiro atoms. The summed E-state index contributed by atoms with van der Waals surface area (Å²) >= 11 is 0. The van der Waals surface area contributed by atoms with Gasteiger partial charge in [0.1, 0.15) is 23.7 Å². The average molecular weight is 569 g/mol. The lowest BCUT2D eigenvalue weighted by Gasteiger charge is -2.22. The van der Waals surface area contributed by atoms with E-state index in [4.69, 9.17) is 0 Å². The number of rotatable bonds is 11. The monoisotopic (exact) mass is 568 g/mol. The SMILES string of the molecule is CC(CC(F)CN(C)/C=C\c1cc(-c2ncc(C(C)F)cn2)c(F)cc1C=O)Nc1cn[nH]c(=O)c1C(F)(F)F. The van der Waals surface area contributed by atoms with E-state index in [-0.39, 0.29) is 41.0 Å². The molecule has 40 heavy (non-hydrogen) atoms. The van der Waals surface area contributed by atoms with Crippen LogP contribution in [0.15, 0.2) is 41.7 Å². The molecule has 214 valence electrons. The van der Waals surface area contributed by atoms with Crippen LogP contribution in [0.4, 0.5) is 32.0 Å². The maximum atomic E-state index is 14.7. The number of alkyl halides is 5. The minimum atomic E-state index is -4.93. The molecule has 0 radical (unpaired) electrons. The smallest absolute Gasteiger partial charge is 0.381 e. The zero-order valence-corrected chi connectivity index (χ0v) is 21.6. The Hall–Kier alpha value is -4.23. The minimum absolute atomic E-state index is 0.0152. The Bertz CT molecular complexity index is 1410. The van der Waals surface area contributed by atoms with E-state index in [0.717, 1.165) is 12.3 Å². The van der Waals surface area contributed by atoms with Gasteiger partial charge in [0.05, 0.1) is 17.4 Å². The van der Waals surface area contributed by atoms with Crippen molar-refractivity contribution in [3.63, 3.8) is 0 Å². The van der Waals surface area contributed by atoms with Crippen LogP contribution < -0.4 is 10.9 Å². The van der Waals surface area contributed by atoms with Gasteiger partial charge in [0.25, 0.3) is 5.56 Å². The third-order valence-corrected chi connectivity index (χ3v) is 5.82. The van der Waals surface area contributed by atoms with Gasteiger partial charge in [-0.2, -0.15) is 18.3 Å². The van der Waals surface area contributed by atoms with Crippen LogP contribution in [0, 0.1) is 5.82 Å². The predicted molar refractivity (Wildman–Crippen MR) is 136 cm³/mol. The number of anilines is 1. The van der Waals surface area contributed by atoms with E-state index < -0.39 is 47.2 Å². The van der Waals surface area contributed by atoms with Crippen LogP contribution in [0.5, 0.6) is 0 Å². The van der Waals surface area contributed by atoms with Gasteiger partial charge in [0.15, 0.2) is 12.1 Å². The van der Waals surface area contributed by atoms with E-state index in [0.29, 0.717) is 6.29 Å². The van der Waals surface area contributed by atoms with Crippen molar-refractivity contribution >= 4 is 18.0 Å². The fraction of sp³-hybridized carbons (Fsp3) is 0.346. The first-order valence-corrected chi connectivity index (χ1v) is 12.0. The number of benzene rings is 1. The molecule has 3 rings (SSSR count). The molecule has 0 saturated heterocycles. The number of nitrogens with zero attached hydrogens (tertiary/aromatic N) is 4. The van der Waals surface area contributed by atoms with Crippen molar-refractivity contribution in [1.29, 1.82) is 0 Å². The molecule has 0 aliphatic heterocycles. The van der Waals surface area contributed by atoms with E-state index in [2.05, 4.69) is 20.4 Å². The van der Waals surface area contributed by atoms with Crippen molar-refractivity contribution in [2.24, 2.45) is 0 Å². The van der Waals surface area contributed by atoms with Crippen LogP contribution in [-0.2, 0) is 6.18 Å². The number of halogens is 6. The summed E-state index contributed by atoms with van der Waals surface area (Å²) in [6.07, 6.45) is -1.30. The van der Waals surface area contributed by atoms with Gasteiger partial charge in [0.2, 0.25) is 0 Å². The normalized spacial score (nSPS) is 14.1. The Morgan fingerprint density at radius 2 is 1.77 bits per heavy atom. The van der Waals surface area contributed by atoms with E-state index in [1.165, 1.54) is 56.5 Å². The quantitative estimate of drug-likeness (QED) is 0.237. The van der Waals surface area contributed by atoms with Crippen molar-refractivity contribution in [1.82, 2.24) is 25.1 Å². The van der Waals surface area contributed by atoms with Crippen molar-refractivity contribution in [3.05, 3.63) is 75.3 Å². The zero-order chi connectivity index (χ0) is 29.6. The number of carbonyl (C=O) groups is 1. The fourth-order valence-corrected chi connectivity index (χ4v) is 3.86. The summed E-state index contributed by atoms with van der Waals surface area (Å²) in [5.41, 5.74) is -2.93. The summed E-state index contributed by atoms with van der Waals surface area (Å²) in [5, 5.41) is 7.58. The molecule has 2 aromatic heterocycles. The number of aromatic nitrogens is 4.